The largest absolute Gasteiger partial charge is 0.344 e. The number of hydrogen-bond donors (Lipinski definition) is 4. The molecule has 15 nitrogen and oxygen atoms in total. The molecule has 2 bridgehead atoms. The molecule has 0 radical (unpaired) electrons. The van der Waals surface area contributed by atoms with Crippen molar-refractivity contribution in [2.24, 2.45) is 0 Å². The molecule has 4 aliphatic rings. The third kappa shape index (κ3) is 8.66. The summed E-state index contributed by atoms with van der Waals surface area (Å²) in [4.78, 5) is 3.52. The molecule has 4 N–H and O–H groups in total. The van der Waals surface area contributed by atoms with Crippen LogP contribution in [0.5, 0.6) is 0 Å². The Labute approximate surface area is 345 Å². The van der Waals surface area contributed by atoms with Gasteiger partial charge in [0.2, 0.25) is 5.69 Å². The van der Waals surface area contributed by atoms with Gasteiger partial charge in [0.25, 0.3) is 40.5 Å². The lowest BCUT2D eigenvalue weighted by Gasteiger charge is -2.34. The first-order valence-electron chi connectivity index (χ1n) is 18.4. The summed E-state index contributed by atoms with van der Waals surface area (Å²) in [6.07, 6.45) is 9.24. The van der Waals surface area contributed by atoms with Crippen molar-refractivity contribution in [3.05, 3.63) is 93.7 Å². The highest BCUT2D eigenvalue weighted by Gasteiger charge is 2.46. The first-order chi connectivity index (χ1) is 26.6. The fourth-order valence-electron chi connectivity index (χ4n) is 8.78. The Morgan fingerprint density at radius 3 is 1.93 bits per heavy atom. The van der Waals surface area contributed by atoms with E-state index in [1.165, 1.54) is 24.3 Å². The van der Waals surface area contributed by atoms with Gasteiger partial charge in [-0.25, -0.2) is 0 Å². The zero-order valence-electron chi connectivity index (χ0n) is 32.5. The molecule has 20 heteroatoms. The second-order valence-electron chi connectivity index (χ2n) is 16.1. The Hall–Kier alpha value is -3.24. The fourth-order valence-corrected chi connectivity index (χ4v) is 11.2. The summed E-state index contributed by atoms with van der Waals surface area (Å²) in [7, 11) is -15.6. The summed E-state index contributed by atoms with van der Waals surface area (Å²) < 4.78 is 135. The van der Waals surface area contributed by atoms with Crippen LogP contribution in [0.1, 0.15) is 64.5 Å². The van der Waals surface area contributed by atoms with Gasteiger partial charge >= 0.3 is 0 Å². The normalized spacial score (nSPS) is 23.5. The molecule has 0 amide bonds. The predicted molar refractivity (Wildman–Crippen MR) is 221 cm³/mol. The van der Waals surface area contributed by atoms with Gasteiger partial charge in [-0.15, -0.1) is 0 Å². The van der Waals surface area contributed by atoms with Gasteiger partial charge in [0.15, 0.2) is 5.71 Å². The molecule has 0 spiro atoms. The molecule has 0 aliphatic carbocycles. The Bertz CT molecular complexity index is 2680. The summed E-state index contributed by atoms with van der Waals surface area (Å²) in [5.41, 5.74) is 3.78. The molecule has 2 aromatic rings. The highest BCUT2D eigenvalue weighted by Crippen LogP contribution is 2.50. The van der Waals surface area contributed by atoms with E-state index in [0.29, 0.717) is 38.9 Å². The molecule has 0 saturated carbocycles. The van der Waals surface area contributed by atoms with Crippen LogP contribution in [0.2, 0.25) is 0 Å². The number of rotatable bonds is 13. The average molecular weight is 902 g/mol. The molecule has 4 aliphatic heterocycles. The van der Waals surface area contributed by atoms with E-state index in [0.717, 1.165) is 24.0 Å². The average Bonchev–Trinajstić information content (AvgIpc) is 3.59. The summed E-state index contributed by atoms with van der Waals surface area (Å²) in [6, 6.07) is 8.35. The van der Waals surface area contributed by atoms with Crippen molar-refractivity contribution in [3.63, 3.8) is 0 Å². The van der Waals surface area contributed by atoms with Crippen molar-refractivity contribution in [3.8, 4) is 0 Å². The Morgan fingerprint density at radius 2 is 1.33 bits per heavy atom. The van der Waals surface area contributed by atoms with Crippen LogP contribution in [0.25, 0.3) is 0 Å². The van der Waals surface area contributed by atoms with Crippen molar-refractivity contribution in [2.45, 2.75) is 86.1 Å². The monoisotopic (exact) mass is 900 g/mol. The quantitative estimate of drug-likeness (QED) is 0.149. The van der Waals surface area contributed by atoms with Gasteiger partial charge < -0.3 is 4.90 Å². The third-order valence-corrected chi connectivity index (χ3v) is 15.4. The fraction of sp³-hybridized carbons (Fsp3) is 0.447. The van der Waals surface area contributed by atoms with Crippen LogP contribution in [-0.4, -0.2) is 111 Å². The van der Waals surface area contributed by atoms with Crippen molar-refractivity contribution in [1.82, 2.24) is 4.90 Å². The van der Waals surface area contributed by atoms with E-state index in [9.17, 15) is 51.9 Å². The van der Waals surface area contributed by atoms with Crippen LogP contribution in [0.4, 0.5) is 11.4 Å². The topological polar surface area (TPSA) is 227 Å². The van der Waals surface area contributed by atoms with Crippen LogP contribution < -0.4 is 4.90 Å². The molecule has 4 heterocycles. The Kier molecular flexibility index (Phi) is 11.7. The van der Waals surface area contributed by atoms with Crippen LogP contribution in [-0.2, 0) is 51.3 Å². The van der Waals surface area contributed by atoms with Crippen LogP contribution >= 0.6 is 11.6 Å². The van der Waals surface area contributed by atoms with Gasteiger partial charge in [-0.05, 0) is 99.4 Å². The molecule has 58 heavy (non-hydrogen) atoms. The molecule has 6 rings (SSSR count). The van der Waals surface area contributed by atoms with E-state index in [1.54, 1.807) is 12.1 Å². The van der Waals surface area contributed by atoms with Crippen molar-refractivity contribution >= 4 is 69.2 Å². The number of benzene rings is 2. The second kappa shape index (κ2) is 15.3. The van der Waals surface area contributed by atoms with Crippen LogP contribution in [0.3, 0.4) is 0 Å². The summed E-state index contributed by atoms with van der Waals surface area (Å²) in [6.45, 7) is 7.88. The minimum atomic E-state index is -4.53. The number of anilines is 1. The van der Waals surface area contributed by atoms with E-state index in [4.69, 9.17) is 11.6 Å². The molecular weight excluding hydrogens is 854 g/mol. The van der Waals surface area contributed by atoms with E-state index < -0.39 is 62.8 Å². The maximum atomic E-state index is 12.1. The Balaban J connectivity index is 1.44. The predicted octanol–water partition coefficient (Wildman–Crippen LogP) is 5.25. The summed E-state index contributed by atoms with van der Waals surface area (Å²) in [5, 5.41) is 0.499. The van der Waals surface area contributed by atoms with Gasteiger partial charge in [0.1, 0.15) is 6.54 Å². The second-order valence-corrected chi connectivity index (χ2v) is 22.4. The summed E-state index contributed by atoms with van der Waals surface area (Å²) in [5.74, 6) is -0.981. The SMILES string of the molecule is CN1C2CCC1C(C=CC1=[N+](CCCS(=O)(=O)O)c3ccc(S(=O)(=O)O)cc3C1(C)C)=C(Cl)C2=CC=C1N(CCCS(=O)(=O)O)c2ccc(S(=O)(=O)O)cc2C1(C)C. The van der Waals surface area contributed by atoms with Crippen LogP contribution in [0.15, 0.2) is 92.4 Å². The summed E-state index contributed by atoms with van der Waals surface area (Å²) >= 11 is 7.31. The number of halogens is 1. The van der Waals surface area contributed by atoms with Crippen molar-refractivity contribution in [2.75, 3.05) is 36.5 Å². The van der Waals surface area contributed by atoms with E-state index in [-0.39, 0.29) is 47.8 Å². The zero-order chi connectivity index (χ0) is 43.0. The minimum Gasteiger partial charge on any atom is -0.344 e. The van der Waals surface area contributed by atoms with Crippen molar-refractivity contribution < 1.29 is 56.5 Å². The number of likely N-dealkylation sites (N-methyl/N-ethyl adjacent to an activating group) is 1. The standard InChI is InChI=1S/C38H46ClN3O12S4/c1-37(2)28-22-24(57(49,50)51)8-12-32(28)41(18-6-20-55(43,44)45)34(37)16-10-26-30-14-15-31(40(30)5)27(36(26)39)11-17-35-38(3,4)29-23-25(58(52,53)54)9-13-33(29)42(35)19-7-21-56(46,47)48/h8-13,16-17,22-23,30-31H,6-7,14-15,18-21H2,1-5H3,(H3-,43,44,45,46,47,48,49,50,51,52,53,54)/p+1. The number of allylic oxidation sites excluding steroid dienone is 4. The molecule has 1 saturated heterocycles. The molecule has 0 aromatic heterocycles. The zero-order valence-corrected chi connectivity index (χ0v) is 36.5. The first kappa shape index (κ1) is 44.3. The first-order valence-corrected chi connectivity index (χ1v) is 24.9. The smallest absolute Gasteiger partial charge is 0.294 e. The Morgan fingerprint density at radius 1 is 0.759 bits per heavy atom. The van der Waals surface area contributed by atoms with E-state index >= 15 is 0 Å². The molecule has 2 atom stereocenters. The molecule has 316 valence electrons. The number of fused-ring (bicyclic) bond motifs is 4. The molecular formula is C38H47ClN3O12S4+. The van der Waals surface area contributed by atoms with E-state index in [2.05, 4.69) is 4.90 Å². The third-order valence-electron chi connectivity index (χ3n) is 11.7. The highest BCUT2D eigenvalue weighted by atomic mass is 35.5. The van der Waals surface area contributed by atoms with Crippen LogP contribution in [0, 0.1) is 0 Å². The maximum Gasteiger partial charge on any atom is 0.294 e. The van der Waals surface area contributed by atoms with Gasteiger partial charge in [-0.1, -0.05) is 31.5 Å². The number of nitrogens with zero attached hydrogens (tertiary/aromatic N) is 3. The molecule has 2 unspecified atom stereocenters. The minimum absolute atomic E-state index is 0.0619. The lowest BCUT2D eigenvalue weighted by Crippen LogP contribution is -2.38. The molecule has 1 fully saturated rings. The van der Waals surface area contributed by atoms with Gasteiger partial charge in [0.05, 0.1) is 31.7 Å². The van der Waals surface area contributed by atoms with E-state index in [1.807, 2.05) is 68.5 Å². The number of hydrogen-bond acceptors (Lipinski definition) is 10. The van der Waals surface area contributed by atoms with Gasteiger partial charge in [-0.3, -0.25) is 23.1 Å². The maximum absolute atomic E-state index is 12.1. The highest BCUT2D eigenvalue weighted by molar-refractivity contribution is 7.86. The molecule has 2 aromatic carbocycles. The van der Waals surface area contributed by atoms with Crippen molar-refractivity contribution in [1.29, 1.82) is 0 Å². The van der Waals surface area contributed by atoms with Gasteiger partial charge in [-0.2, -0.15) is 38.2 Å². The lowest BCUT2D eigenvalue weighted by atomic mass is 9.81. The lowest BCUT2D eigenvalue weighted by molar-refractivity contribution is -0.437. The van der Waals surface area contributed by atoms with Gasteiger partial charge in [0, 0.05) is 59.6 Å².